The molecule has 2 rings (SSSR count). The van der Waals surface area contributed by atoms with Crippen molar-refractivity contribution in [1.82, 2.24) is 4.72 Å². The van der Waals surface area contributed by atoms with Crippen LogP contribution in [0.4, 0.5) is 0 Å². The van der Waals surface area contributed by atoms with Gasteiger partial charge in [0.2, 0.25) is 0 Å². The number of rotatable bonds is 0. The minimum Gasteiger partial charge on any atom is -0.386 e. The molecule has 0 aromatic carbocycles. The van der Waals surface area contributed by atoms with Gasteiger partial charge in [0.1, 0.15) is 5.84 Å². The van der Waals surface area contributed by atoms with Crippen LogP contribution in [0.1, 0.15) is 6.92 Å². The van der Waals surface area contributed by atoms with Gasteiger partial charge in [0.25, 0.3) is 0 Å². The van der Waals surface area contributed by atoms with Gasteiger partial charge in [0.15, 0.2) is 0 Å². The summed E-state index contributed by atoms with van der Waals surface area (Å²) in [4.78, 5) is 0. The summed E-state index contributed by atoms with van der Waals surface area (Å²) in [7, 11) is -3.65. The second-order valence-corrected chi connectivity index (χ2v) is 4.86. The molecule has 1 heterocycles. The van der Waals surface area contributed by atoms with Crippen molar-refractivity contribution in [2.75, 3.05) is 0 Å². The van der Waals surface area contributed by atoms with E-state index in [2.05, 4.69) is 21.0 Å². The zero-order chi connectivity index (χ0) is 11.8. The van der Waals surface area contributed by atoms with Gasteiger partial charge in [0.05, 0.1) is 12.0 Å². The number of hydrogen-bond acceptors (Lipinski definition) is 3. The molecule has 0 aromatic rings. The third-order valence-corrected chi connectivity index (χ3v) is 3.41. The van der Waals surface area contributed by atoms with Gasteiger partial charge >= 0.3 is 10.2 Å². The van der Waals surface area contributed by atoms with Crippen molar-refractivity contribution >= 4 is 16.0 Å². The fourth-order valence-electron chi connectivity index (χ4n) is 1.80. The first-order chi connectivity index (χ1) is 7.53. The van der Waals surface area contributed by atoms with Crippen LogP contribution in [0.3, 0.4) is 0 Å². The Morgan fingerprint density at radius 1 is 1.56 bits per heavy atom. The third kappa shape index (κ3) is 1.87. The second-order valence-electron chi connectivity index (χ2n) is 3.49. The maximum absolute atomic E-state index is 11.3. The lowest BCUT2D eigenvalue weighted by Gasteiger charge is -2.30. The molecular weight excluding hydrogens is 226 g/mol. The molecule has 6 heteroatoms. The van der Waals surface area contributed by atoms with E-state index in [0.717, 1.165) is 5.57 Å². The molecule has 84 valence electrons. The van der Waals surface area contributed by atoms with Crippen molar-refractivity contribution in [3.63, 3.8) is 0 Å². The average Bonchev–Trinajstić information content (AvgIpc) is 2.15. The first-order valence-electron chi connectivity index (χ1n) is 4.72. The molecule has 0 amide bonds. The number of amidine groups is 1. The Morgan fingerprint density at radius 2 is 2.31 bits per heavy atom. The van der Waals surface area contributed by atoms with Crippen molar-refractivity contribution in [3.8, 4) is 11.8 Å². The number of hydrogen-bond donors (Lipinski definition) is 2. The first-order valence-corrected chi connectivity index (χ1v) is 6.16. The van der Waals surface area contributed by atoms with Gasteiger partial charge in [-0.2, -0.15) is 13.1 Å². The Hall–Kier alpha value is -1.58. The topological polar surface area (TPSA) is 84.5 Å². The maximum Gasteiger partial charge on any atom is 0.322 e. The molecule has 2 atom stereocenters. The summed E-state index contributed by atoms with van der Waals surface area (Å²) in [6.07, 6.45) is 5.33. The van der Waals surface area contributed by atoms with E-state index in [1.807, 2.05) is 6.08 Å². The number of fused-ring (bicyclic) bond motifs is 1. The van der Waals surface area contributed by atoms with Gasteiger partial charge in [-0.3, -0.25) is 0 Å². The molecular formula is C10H11N3O2S. The molecule has 2 aliphatic rings. The van der Waals surface area contributed by atoms with E-state index in [1.165, 1.54) is 0 Å². The predicted molar refractivity (Wildman–Crippen MR) is 61.6 cm³/mol. The lowest BCUT2D eigenvalue weighted by molar-refractivity contribution is 0.546. The highest BCUT2D eigenvalue weighted by Gasteiger charge is 2.35. The summed E-state index contributed by atoms with van der Waals surface area (Å²) in [5.74, 6) is 5.47. The molecule has 0 spiro atoms. The average molecular weight is 237 g/mol. The molecule has 0 radical (unpaired) electrons. The molecule has 16 heavy (non-hydrogen) atoms. The fraction of sp³-hybridized carbons (Fsp3) is 0.300. The number of nitrogens with zero attached hydrogens (tertiary/aromatic N) is 1. The highest BCUT2D eigenvalue weighted by molar-refractivity contribution is 7.88. The van der Waals surface area contributed by atoms with E-state index in [0.29, 0.717) is 0 Å². The zero-order valence-corrected chi connectivity index (χ0v) is 9.45. The van der Waals surface area contributed by atoms with Crippen LogP contribution < -0.4 is 10.5 Å². The van der Waals surface area contributed by atoms with Crippen LogP contribution in [0.25, 0.3) is 0 Å². The van der Waals surface area contributed by atoms with E-state index in [9.17, 15) is 8.42 Å². The normalized spacial score (nSPS) is 30.6. The van der Waals surface area contributed by atoms with Crippen molar-refractivity contribution in [1.29, 1.82) is 0 Å². The Labute approximate surface area is 94.3 Å². The highest BCUT2D eigenvalue weighted by atomic mass is 32.2. The molecule has 1 aliphatic heterocycles. The van der Waals surface area contributed by atoms with E-state index < -0.39 is 10.2 Å². The van der Waals surface area contributed by atoms with Gasteiger partial charge < -0.3 is 5.73 Å². The maximum atomic E-state index is 11.3. The van der Waals surface area contributed by atoms with Gasteiger partial charge in [-0.25, -0.2) is 0 Å². The molecule has 0 fully saturated rings. The highest BCUT2D eigenvalue weighted by Crippen LogP contribution is 2.24. The fourth-order valence-corrected chi connectivity index (χ4v) is 2.80. The van der Waals surface area contributed by atoms with Crippen LogP contribution in [0.5, 0.6) is 0 Å². The van der Waals surface area contributed by atoms with Crippen LogP contribution >= 0.6 is 0 Å². The molecule has 0 saturated carbocycles. The van der Waals surface area contributed by atoms with Crippen molar-refractivity contribution < 1.29 is 8.42 Å². The van der Waals surface area contributed by atoms with E-state index >= 15 is 0 Å². The molecule has 0 aromatic heterocycles. The SMILES string of the molecule is CC#CC1=CC=CC2NS(=O)(=O)N=C(N)C12. The first kappa shape index (κ1) is 10.9. The van der Waals surface area contributed by atoms with Crippen molar-refractivity contribution in [2.45, 2.75) is 13.0 Å². The summed E-state index contributed by atoms with van der Waals surface area (Å²) >= 11 is 0. The minimum absolute atomic E-state index is 0.0853. The van der Waals surface area contributed by atoms with E-state index in [-0.39, 0.29) is 17.8 Å². The van der Waals surface area contributed by atoms with Crippen molar-refractivity contribution in [2.24, 2.45) is 16.0 Å². The molecule has 3 N–H and O–H groups in total. The van der Waals surface area contributed by atoms with Crippen LogP contribution in [-0.4, -0.2) is 20.3 Å². The third-order valence-electron chi connectivity index (χ3n) is 2.39. The zero-order valence-electron chi connectivity index (χ0n) is 8.64. The van der Waals surface area contributed by atoms with Crippen LogP contribution in [-0.2, 0) is 10.2 Å². The Morgan fingerprint density at radius 3 is 3.00 bits per heavy atom. The van der Waals surface area contributed by atoms with E-state index in [4.69, 9.17) is 5.73 Å². The molecule has 0 bridgehead atoms. The molecule has 2 unspecified atom stereocenters. The van der Waals surface area contributed by atoms with Crippen LogP contribution in [0.15, 0.2) is 28.2 Å². The van der Waals surface area contributed by atoms with Gasteiger partial charge in [-0.1, -0.05) is 24.1 Å². The Kier molecular flexibility index (Phi) is 2.58. The van der Waals surface area contributed by atoms with Gasteiger partial charge in [0, 0.05) is 5.57 Å². The largest absolute Gasteiger partial charge is 0.386 e. The molecule has 1 aliphatic carbocycles. The van der Waals surface area contributed by atoms with Crippen LogP contribution in [0.2, 0.25) is 0 Å². The standard InChI is InChI=1S/C10H11N3O2S/c1-2-4-7-5-3-6-8-9(7)10(11)13-16(14,15)12-8/h3,5-6,8-9,12H,1H3,(H2,11,13). The quantitative estimate of drug-likeness (QED) is 0.567. The monoisotopic (exact) mass is 237 g/mol. The number of allylic oxidation sites excluding steroid dienone is 2. The predicted octanol–water partition coefficient (Wildman–Crippen LogP) is -0.304. The Balaban J connectivity index is 2.49. The van der Waals surface area contributed by atoms with Crippen molar-refractivity contribution in [3.05, 3.63) is 23.8 Å². The summed E-state index contributed by atoms with van der Waals surface area (Å²) in [6, 6.07) is -0.386. The number of nitrogens with two attached hydrogens (primary N) is 1. The summed E-state index contributed by atoms with van der Waals surface area (Å²) in [5.41, 5.74) is 6.45. The lowest BCUT2D eigenvalue weighted by Crippen LogP contribution is -2.50. The summed E-state index contributed by atoms with van der Waals surface area (Å²) < 4.78 is 28.5. The lowest BCUT2D eigenvalue weighted by atomic mass is 9.87. The van der Waals surface area contributed by atoms with Gasteiger partial charge in [-0.05, 0) is 6.92 Å². The summed E-state index contributed by atoms with van der Waals surface area (Å²) in [6.45, 7) is 1.72. The second kappa shape index (κ2) is 3.77. The summed E-state index contributed by atoms with van der Waals surface area (Å²) in [5, 5.41) is 0. The van der Waals surface area contributed by atoms with Crippen LogP contribution in [0, 0.1) is 17.8 Å². The van der Waals surface area contributed by atoms with Gasteiger partial charge in [-0.15, -0.1) is 10.3 Å². The van der Waals surface area contributed by atoms with E-state index in [1.54, 1.807) is 19.1 Å². The Bertz CT molecular complexity index is 561. The minimum atomic E-state index is -3.65. The number of nitrogens with one attached hydrogen (secondary N) is 1. The molecule has 0 saturated heterocycles. The smallest absolute Gasteiger partial charge is 0.322 e. The molecule has 5 nitrogen and oxygen atoms in total.